The van der Waals surface area contributed by atoms with Crippen LogP contribution in [0.2, 0.25) is 0 Å². The molecule has 1 aliphatic carbocycles. The summed E-state index contributed by atoms with van der Waals surface area (Å²) in [7, 11) is 2.04. The molecule has 112 valence electrons. The summed E-state index contributed by atoms with van der Waals surface area (Å²) < 4.78 is 0. The van der Waals surface area contributed by atoms with Crippen LogP contribution in [-0.2, 0) is 25.9 Å². The second-order valence-electron chi connectivity index (χ2n) is 5.89. The van der Waals surface area contributed by atoms with Crippen molar-refractivity contribution in [3.8, 4) is 0 Å². The van der Waals surface area contributed by atoms with E-state index in [4.69, 9.17) is 0 Å². The van der Waals surface area contributed by atoms with E-state index in [0.717, 1.165) is 41.3 Å². The third-order valence-corrected chi connectivity index (χ3v) is 4.88. The third-order valence-electron chi connectivity index (χ3n) is 3.93. The van der Waals surface area contributed by atoms with E-state index >= 15 is 0 Å². The van der Waals surface area contributed by atoms with Crippen molar-refractivity contribution in [2.75, 3.05) is 7.05 Å². The highest BCUT2D eigenvalue weighted by molar-refractivity contribution is 7.09. The Kier molecular flexibility index (Phi) is 4.22. The number of pyridine rings is 1. The molecule has 0 bridgehead atoms. The van der Waals surface area contributed by atoms with Crippen LogP contribution in [0, 0.1) is 6.92 Å². The zero-order valence-electron chi connectivity index (χ0n) is 12.6. The number of aromatic amines is 1. The first-order chi connectivity index (χ1) is 10.1. The Hall–Kier alpha value is -1.46. The van der Waals surface area contributed by atoms with E-state index in [1.165, 1.54) is 18.4 Å². The minimum Gasteiger partial charge on any atom is -0.326 e. The standard InChI is InChI=1S/C16H21N3OS/c1-11-10-21-15(17-11)9-19(2)8-13-7-12-5-3-4-6-14(12)18-16(13)20/h7,10H,3-6,8-9H2,1-2H3,(H,18,20). The number of hydrogen-bond acceptors (Lipinski definition) is 4. The van der Waals surface area contributed by atoms with E-state index < -0.39 is 0 Å². The number of nitrogens with one attached hydrogen (secondary N) is 1. The van der Waals surface area contributed by atoms with Crippen molar-refractivity contribution in [1.82, 2.24) is 14.9 Å². The first-order valence-electron chi connectivity index (χ1n) is 7.45. The molecular weight excluding hydrogens is 282 g/mol. The average molecular weight is 303 g/mol. The summed E-state index contributed by atoms with van der Waals surface area (Å²) in [4.78, 5) is 21.9. The molecule has 1 aliphatic rings. The molecule has 0 aliphatic heterocycles. The molecule has 0 saturated carbocycles. The molecule has 0 unspecified atom stereocenters. The lowest BCUT2D eigenvalue weighted by Gasteiger charge is -2.19. The molecule has 3 rings (SSSR count). The van der Waals surface area contributed by atoms with Gasteiger partial charge in [0.2, 0.25) is 0 Å². The number of thiazole rings is 1. The van der Waals surface area contributed by atoms with Crippen molar-refractivity contribution in [3.05, 3.63) is 49.3 Å². The summed E-state index contributed by atoms with van der Waals surface area (Å²) in [6.45, 7) is 3.46. The van der Waals surface area contributed by atoms with Gasteiger partial charge in [-0.05, 0) is 51.3 Å². The average Bonchev–Trinajstić information content (AvgIpc) is 2.85. The predicted molar refractivity (Wildman–Crippen MR) is 85.7 cm³/mol. The van der Waals surface area contributed by atoms with Gasteiger partial charge in [0.25, 0.3) is 5.56 Å². The highest BCUT2D eigenvalue weighted by atomic mass is 32.1. The predicted octanol–water partition coefficient (Wildman–Crippen LogP) is 2.65. The molecule has 0 amide bonds. The number of aryl methyl sites for hydroxylation is 3. The molecule has 0 spiro atoms. The van der Waals surface area contributed by atoms with Gasteiger partial charge >= 0.3 is 0 Å². The van der Waals surface area contributed by atoms with E-state index in [1.54, 1.807) is 11.3 Å². The molecule has 2 aromatic rings. The van der Waals surface area contributed by atoms with Gasteiger partial charge in [-0.2, -0.15) is 0 Å². The first-order valence-corrected chi connectivity index (χ1v) is 8.33. The van der Waals surface area contributed by atoms with Crippen LogP contribution >= 0.6 is 11.3 Å². The maximum atomic E-state index is 12.2. The molecule has 5 heteroatoms. The van der Waals surface area contributed by atoms with Crippen LogP contribution in [0.5, 0.6) is 0 Å². The lowest BCUT2D eigenvalue weighted by molar-refractivity contribution is 0.316. The number of rotatable bonds is 4. The SMILES string of the molecule is Cc1csc(CN(C)Cc2cc3c([nH]c2=O)CCCC3)n1. The van der Waals surface area contributed by atoms with Crippen LogP contribution in [-0.4, -0.2) is 21.9 Å². The molecule has 0 saturated heterocycles. The zero-order valence-corrected chi connectivity index (χ0v) is 13.4. The Labute approximate surface area is 128 Å². The number of aromatic nitrogens is 2. The van der Waals surface area contributed by atoms with E-state index in [2.05, 4.69) is 26.3 Å². The molecule has 0 atom stereocenters. The van der Waals surface area contributed by atoms with Crippen LogP contribution < -0.4 is 5.56 Å². The highest BCUT2D eigenvalue weighted by Gasteiger charge is 2.14. The molecule has 0 aromatic carbocycles. The van der Waals surface area contributed by atoms with E-state index in [9.17, 15) is 4.79 Å². The second kappa shape index (κ2) is 6.12. The lowest BCUT2D eigenvalue weighted by atomic mass is 9.95. The van der Waals surface area contributed by atoms with Crippen molar-refractivity contribution >= 4 is 11.3 Å². The molecule has 2 heterocycles. The Balaban J connectivity index is 1.73. The number of fused-ring (bicyclic) bond motifs is 1. The Morgan fingerprint density at radius 1 is 1.33 bits per heavy atom. The Morgan fingerprint density at radius 3 is 2.90 bits per heavy atom. The molecule has 21 heavy (non-hydrogen) atoms. The smallest absolute Gasteiger partial charge is 0.252 e. The van der Waals surface area contributed by atoms with Gasteiger partial charge in [0.1, 0.15) is 5.01 Å². The van der Waals surface area contributed by atoms with Gasteiger partial charge in [-0.15, -0.1) is 11.3 Å². The molecule has 4 nitrogen and oxygen atoms in total. The topological polar surface area (TPSA) is 49.0 Å². The first kappa shape index (κ1) is 14.5. The number of H-pyrrole nitrogens is 1. The summed E-state index contributed by atoms with van der Waals surface area (Å²) in [5, 5.41) is 3.17. The van der Waals surface area contributed by atoms with Crippen LogP contribution in [0.3, 0.4) is 0 Å². The molecular formula is C16H21N3OS. The van der Waals surface area contributed by atoms with Gasteiger partial charge in [-0.1, -0.05) is 0 Å². The minimum atomic E-state index is 0.0674. The monoisotopic (exact) mass is 303 g/mol. The van der Waals surface area contributed by atoms with Crippen LogP contribution in [0.25, 0.3) is 0 Å². The third kappa shape index (κ3) is 3.41. The van der Waals surface area contributed by atoms with Crippen molar-refractivity contribution in [2.45, 2.75) is 45.7 Å². The maximum absolute atomic E-state index is 12.2. The van der Waals surface area contributed by atoms with Gasteiger partial charge in [0.05, 0.1) is 6.54 Å². The lowest BCUT2D eigenvalue weighted by Crippen LogP contribution is -2.25. The molecule has 2 aromatic heterocycles. The van der Waals surface area contributed by atoms with E-state index in [-0.39, 0.29) is 5.56 Å². The molecule has 1 N–H and O–H groups in total. The highest BCUT2D eigenvalue weighted by Crippen LogP contribution is 2.19. The van der Waals surface area contributed by atoms with Crippen molar-refractivity contribution in [3.63, 3.8) is 0 Å². The molecule has 0 radical (unpaired) electrons. The van der Waals surface area contributed by atoms with Gasteiger partial charge in [0, 0.05) is 28.9 Å². The van der Waals surface area contributed by atoms with Crippen LogP contribution in [0.15, 0.2) is 16.2 Å². The number of hydrogen-bond donors (Lipinski definition) is 1. The second-order valence-corrected chi connectivity index (χ2v) is 6.83. The quantitative estimate of drug-likeness (QED) is 0.944. The summed E-state index contributed by atoms with van der Waals surface area (Å²) in [5.74, 6) is 0. The Bertz CT molecular complexity index is 689. The van der Waals surface area contributed by atoms with Gasteiger partial charge in [-0.25, -0.2) is 4.98 Å². The normalized spacial score (nSPS) is 14.4. The fraction of sp³-hybridized carbons (Fsp3) is 0.500. The summed E-state index contributed by atoms with van der Waals surface area (Å²) in [6.07, 6.45) is 4.52. The Morgan fingerprint density at radius 2 is 2.14 bits per heavy atom. The maximum Gasteiger partial charge on any atom is 0.252 e. The van der Waals surface area contributed by atoms with Crippen LogP contribution in [0.1, 0.15) is 40.4 Å². The van der Waals surface area contributed by atoms with Crippen LogP contribution in [0.4, 0.5) is 0 Å². The fourth-order valence-corrected chi connectivity index (χ4v) is 3.75. The molecule has 0 fully saturated rings. The minimum absolute atomic E-state index is 0.0674. The summed E-state index contributed by atoms with van der Waals surface area (Å²) in [6, 6.07) is 2.11. The fourth-order valence-electron chi connectivity index (χ4n) is 2.89. The van der Waals surface area contributed by atoms with E-state index in [1.807, 2.05) is 14.0 Å². The van der Waals surface area contributed by atoms with Gasteiger partial charge in [-0.3, -0.25) is 9.69 Å². The van der Waals surface area contributed by atoms with Gasteiger partial charge in [0.15, 0.2) is 0 Å². The van der Waals surface area contributed by atoms with E-state index in [0.29, 0.717) is 6.54 Å². The summed E-state index contributed by atoms with van der Waals surface area (Å²) in [5.41, 5.74) is 4.47. The number of nitrogens with zero attached hydrogens (tertiary/aromatic N) is 2. The largest absolute Gasteiger partial charge is 0.326 e. The van der Waals surface area contributed by atoms with Crippen molar-refractivity contribution < 1.29 is 0 Å². The zero-order chi connectivity index (χ0) is 14.8. The van der Waals surface area contributed by atoms with Crippen molar-refractivity contribution in [1.29, 1.82) is 0 Å². The van der Waals surface area contributed by atoms with Crippen molar-refractivity contribution in [2.24, 2.45) is 0 Å². The van der Waals surface area contributed by atoms with Gasteiger partial charge < -0.3 is 4.98 Å². The summed E-state index contributed by atoms with van der Waals surface area (Å²) >= 11 is 1.68.